The zero-order valence-corrected chi connectivity index (χ0v) is 12.1. The normalized spacial score (nSPS) is 11.3. The van der Waals surface area contributed by atoms with Crippen LogP contribution in [0.15, 0.2) is 47.5 Å². The molecule has 0 aliphatic heterocycles. The molecule has 0 atom stereocenters. The highest BCUT2D eigenvalue weighted by atomic mass is 32.2. The van der Waals surface area contributed by atoms with E-state index in [1.807, 2.05) is 13.0 Å². The second kappa shape index (κ2) is 6.02. The first kappa shape index (κ1) is 15.1. The Morgan fingerprint density at radius 1 is 1.29 bits per heavy atom. The topological polar surface area (TPSA) is 96.4 Å². The van der Waals surface area contributed by atoms with Gasteiger partial charge < -0.3 is 5.11 Å². The Hall–Kier alpha value is -2.25. The third kappa shape index (κ3) is 3.65. The summed E-state index contributed by atoms with van der Waals surface area (Å²) in [4.78, 5) is 14.9. The van der Waals surface area contributed by atoms with Crippen molar-refractivity contribution in [2.75, 3.05) is 0 Å². The quantitative estimate of drug-likeness (QED) is 0.874. The molecule has 1 heterocycles. The van der Waals surface area contributed by atoms with E-state index in [9.17, 15) is 13.2 Å². The Kier molecular flexibility index (Phi) is 4.35. The van der Waals surface area contributed by atoms with Gasteiger partial charge in [-0.3, -0.25) is 4.98 Å². The molecule has 2 N–H and O–H groups in total. The summed E-state index contributed by atoms with van der Waals surface area (Å²) in [5, 5.41) is 8.89. The molecule has 0 fully saturated rings. The number of carbonyl (C=O) groups is 1. The van der Waals surface area contributed by atoms with E-state index in [0.29, 0.717) is 5.69 Å². The molecule has 6 nitrogen and oxygen atoms in total. The molecule has 0 spiro atoms. The maximum absolute atomic E-state index is 12.2. The van der Waals surface area contributed by atoms with Gasteiger partial charge in [-0.2, -0.15) is 0 Å². The van der Waals surface area contributed by atoms with Gasteiger partial charge in [0.05, 0.1) is 22.7 Å². The molecule has 7 heteroatoms. The van der Waals surface area contributed by atoms with Crippen LogP contribution in [0.5, 0.6) is 0 Å². The third-order valence-corrected chi connectivity index (χ3v) is 4.34. The van der Waals surface area contributed by atoms with E-state index in [-0.39, 0.29) is 17.0 Å². The molecule has 0 amide bonds. The summed E-state index contributed by atoms with van der Waals surface area (Å²) in [5.41, 5.74) is 1.42. The van der Waals surface area contributed by atoms with Crippen LogP contribution in [0.25, 0.3) is 0 Å². The Bertz CT molecular complexity index is 772. The standard InChI is InChI=1S/C14H14N2O4S/c1-10-4-3-7-15-13(10)9-16-21(19,20)12-6-2-5-11(8-12)14(17)18/h2-8,16H,9H2,1H3,(H,17,18). The molecule has 21 heavy (non-hydrogen) atoms. The lowest BCUT2D eigenvalue weighted by molar-refractivity contribution is 0.0696. The summed E-state index contributed by atoms with van der Waals surface area (Å²) >= 11 is 0. The third-order valence-electron chi connectivity index (χ3n) is 2.94. The van der Waals surface area contributed by atoms with E-state index in [2.05, 4.69) is 9.71 Å². The molecule has 0 bridgehead atoms. The molecule has 2 rings (SSSR count). The highest BCUT2D eigenvalue weighted by Gasteiger charge is 2.16. The lowest BCUT2D eigenvalue weighted by Gasteiger charge is -2.08. The van der Waals surface area contributed by atoms with Crippen molar-refractivity contribution in [1.29, 1.82) is 0 Å². The number of carboxylic acids is 1. The van der Waals surface area contributed by atoms with Crippen molar-refractivity contribution in [1.82, 2.24) is 9.71 Å². The highest BCUT2D eigenvalue weighted by Crippen LogP contribution is 2.12. The second-order valence-corrected chi connectivity index (χ2v) is 6.19. The molecule has 110 valence electrons. The van der Waals surface area contributed by atoms with E-state index in [1.165, 1.54) is 18.2 Å². The molecule has 1 aromatic heterocycles. The van der Waals surface area contributed by atoms with Crippen LogP contribution in [0.4, 0.5) is 0 Å². The summed E-state index contributed by atoms with van der Waals surface area (Å²) in [5.74, 6) is -1.17. The molecular weight excluding hydrogens is 292 g/mol. The predicted octanol–water partition coefficient (Wildman–Crippen LogP) is 1.57. The summed E-state index contributed by atoms with van der Waals surface area (Å²) in [6.07, 6.45) is 1.59. The number of benzene rings is 1. The molecule has 0 radical (unpaired) electrons. The number of hydrogen-bond acceptors (Lipinski definition) is 4. The van der Waals surface area contributed by atoms with Crippen LogP contribution < -0.4 is 4.72 Å². The Labute approximate surface area is 122 Å². The molecule has 1 aromatic carbocycles. The number of carboxylic acid groups (broad SMARTS) is 1. The van der Waals surface area contributed by atoms with Crippen LogP contribution in [0, 0.1) is 6.92 Å². The van der Waals surface area contributed by atoms with Crippen LogP contribution in [0.1, 0.15) is 21.6 Å². The highest BCUT2D eigenvalue weighted by molar-refractivity contribution is 7.89. The largest absolute Gasteiger partial charge is 0.478 e. The van der Waals surface area contributed by atoms with Gasteiger partial charge in [0.1, 0.15) is 0 Å². The van der Waals surface area contributed by atoms with Crippen LogP contribution in [0.2, 0.25) is 0 Å². The summed E-state index contributed by atoms with van der Waals surface area (Å²) in [7, 11) is -3.78. The van der Waals surface area contributed by atoms with Gasteiger partial charge in [-0.05, 0) is 36.8 Å². The van der Waals surface area contributed by atoms with Crippen LogP contribution >= 0.6 is 0 Å². The van der Waals surface area contributed by atoms with Gasteiger partial charge in [-0.25, -0.2) is 17.9 Å². The average Bonchev–Trinajstić information content (AvgIpc) is 2.46. The lowest BCUT2D eigenvalue weighted by atomic mass is 10.2. The number of aromatic carboxylic acids is 1. The fourth-order valence-corrected chi connectivity index (χ4v) is 2.78. The number of aromatic nitrogens is 1. The van der Waals surface area contributed by atoms with Crippen molar-refractivity contribution in [3.8, 4) is 0 Å². The van der Waals surface area contributed by atoms with Crippen LogP contribution in [0.3, 0.4) is 0 Å². The van der Waals surface area contributed by atoms with Crippen LogP contribution in [-0.4, -0.2) is 24.5 Å². The predicted molar refractivity (Wildman–Crippen MR) is 76.4 cm³/mol. The molecule has 0 saturated heterocycles. The SMILES string of the molecule is Cc1cccnc1CNS(=O)(=O)c1cccc(C(=O)O)c1. The van der Waals surface area contributed by atoms with E-state index in [0.717, 1.165) is 11.6 Å². The fourth-order valence-electron chi connectivity index (χ4n) is 1.75. The van der Waals surface area contributed by atoms with Crippen molar-refractivity contribution in [3.05, 3.63) is 59.4 Å². The minimum absolute atomic E-state index is 0.0479. The van der Waals surface area contributed by atoms with E-state index in [1.54, 1.807) is 12.3 Å². The van der Waals surface area contributed by atoms with Gasteiger partial charge in [-0.1, -0.05) is 12.1 Å². The van der Waals surface area contributed by atoms with Crippen molar-refractivity contribution in [3.63, 3.8) is 0 Å². The van der Waals surface area contributed by atoms with E-state index < -0.39 is 16.0 Å². The maximum Gasteiger partial charge on any atom is 0.335 e. The number of nitrogens with zero attached hydrogens (tertiary/aromatic N) is 1. The van der Waals surface area contributed by atoms with Gasteiger partial charge in [0, 0.05) is 6.20 Å². The molecular formula is C14H14N2O4S. The summed E-state index contributed by atoms with van der Waals surface area (Å²) in [6, 6.07) is 8.80. The Balaban J connectivity index is 2.21. The Morgan fingerprint density at radius 3 is 2.71 bits per heavy atom. The lowest BCUT2D eigenvalue weighted by Crippen LogP contribution is -2.24. The van der Waals surface area contributed by atoms with Crippen molar-refractivity contribution >= 4 is 16.0 Å². The zero-order chi connectivity index (χ0) is 15.5. The first-order chi connectivity index (χ1) is 9.90. The van der Waals surface area contributed by atoms with Crippen molar-refractivity contribution in [2.24, 2.45) is 0 Å². The molecule has 2 aromatic rings. The van der Waals surface area contributed by atoms with E-state index >= 15 is 0 Å². The number of aryl methyl sites for hydroxylation is 1. The molecule has 0 saturated carbocycles. The fraction of sp³-hybridized carbons (Fsp3) is 0.143. The number of hydrogen-bond donors (Lipinski definition) is 2. The smallest absolute Gasteiger partial charge is 0.335 e. The first-order valence-electron chi connectivity index (χ1n) is 6.13. The zero-order valence-electron chi connectivity index (χ0n) is 11.3. The first-order valence-corrected chi connectivity index (χ1v) is 7.62. The summed E-state index contributed by atoms with van der Waals surface area (Å²) < 4.78 is 26.7. The van der Waals surface area contributed by atoms with Crippen molar-refractivity contribution in [2.45, 2.75) is 18.4 Å². The minimum atomic E-state index is -3.78. The van der Waals surface area contributed by atoms with E-state index in [4.69, 9.17) is 5.11 Å². The van der Waals surface area contributed by atoms with Gasteiger partial charge >= 0.3 is 5.97 Å². The number of nitrogens with one attached hydrogen (secondary N) is 1. The number of sulfonamides is 1. The van der Waals surface area contributed by atoms with Gasteiger partial charge in [0.2, 0.25) is 10.0 Å². The van der Waals surface area contributed by atoms with Crippen LogP contribution in [-0.2, 0) is 16.6 Å². The number of pyridine rings is 1. The maximum atomic E-state index is 12.2. The number of rotatable bonds is 5. The average molecular weight is 306 g/mol. The second-order valence-electron chi connectivity index (χ2n) is 4.42. The monoisotopic (exact) mass is 306 g/mol. The van der Waals surface area contributed by atoms with Gasteiger partial charge in [0.15, 0.2) is 0 Å². The Morgan fingerprint density at radius 2 is 2.05 bits per heavy atom. The molecule has 0 aliphatic carbocycles. The van der Waals surface area contributed by atoms with Gasteiger partial charge in [-0.15, -0.1) is 0 Å². The van der Waals surface area contributed by atoms with Gasteiger partial charge in [0.25, 0.3) is 0 Å². The summed E-state index contributed by atoms with van der Waals surface area (Å²) in [6.45, 7) is 1.88. The minimum Gasteiger partial charge on any atom is -0.478 e. The molecule has 0 aliphatic rings. The van der Waals surface area contributed by atoms with Crippen molar-refractivity contribution < 1.29 is 18.3 Å². The molecule has 0 unspecified atom stereocenters.